The Bertz CT molecular complexity index is 290. The standard InChI is InChI=1S/C13H21NO/c1-4-7-12(14-10-5-2)13-9-8-11(6-3)15-13/h4,8-9,12,14H,1,5-7,10H2,2-3H3. The van der Waals surface area contributed by atoms with Crippen LogP contribution in [-0.2, 0) is 6.42 Å². The molecule has 1 N–H and O–H groups in total. The zero-order valence-electron chi connectivity index (χ0n) is 9.75. The molecule has 1 rings (SSSR count). The largest absolute Gasteiger partial charge is 0.464 e. The van der Waals surface area contributed by atoms with Gasteiger partial charge in [-0.1, -0.05) is 19.9 Å². The van der Waals surface area contributed by atoms with Gasteiger partial charge in [0.05, 0.1) is 6.04 Å². The lowest BCUT2D eigenvalue weighted by molar-refractivity contribution is 0.395. The van der Waals surface area contributed by atoms with Crippen molar-refractivity contribution in [2.45, 2.75) is 39.2 Å². The third-order valence-electron chi connectivity index (χ3n) is 2.42. The van der Waals surface area contributed by atoms with Crippen LogP contribution in [0.2, 0.25) is 0 Å². The Hall–Kier alpha value is -1.02. The minimum Gasteiger partial charge on any atom is -0.464 e. The number of rotatable bonds is 7. The second kappa shape index (κ2) is 6.46. The summed E-state index contributed by atoms with van der Waals surface area (Å²) in [5, 5.41) is 3.46. The fourth-order valence-electron chi connectivity index (χ4n) is 1.56. The Kier molecular flexibility index (Phi) is 5.19. The van der Waals surface area contributed by atoms with E-state index in [9.17, 15) is 0 Å². The number of nitrogens with one attached hydrogen (secondary N) is 1. The minimum absolute atomic E-state index is 0.280. The summed E-state index contributed by atoms with van der Waals surface area (Å²) in [5.41, 5.74) is 0. The monoisotopic (exact) mass is 207 g/mol. The van der Waals surface area contributed by atoms with Gasteiger partial charge in [0.1, 0.15) is 11.5 Å². The summed E-state index contributed by atoms with van der Waals surface area (Å²) in [6, 6.07) is 4.40. The van der Waals surface area contributed by atoms with Gasteiger partial charge in [-0.2, -0.15) is 0 Å². The maximum Gasteiger partial charge on any atom is 0.121 e. The van der Waals surface area contributed by atoms with Crippen molar-refractivity contribution in [3.05, 3.63) is 36.3 Å². The summed E-state index contributed by atoms with van der Waals surface area (Å²) < 4.78 is 5.73. The van der Waals surface area contributed by atoms with Gasteiger partial charge in [-0.15, -0.1) is 6.58 Å². The van der Waals surface area contributed by atoms with E-state index in [2.05, 4.69) is 37.9 Å². The van der Waals surface area contributed by atoms with Crippen LogP contribution in [0.1, 0.15) is 44.3 Å². The molecule has 15 heavy (non-hydrogen) atoms. The molecule has 0 aliphatic heterocycles. The molecule has 0 amide bonds. The Morgan fingerprint density at radius 3 is 2.80 bits per heavy atom. The number of aryl methyl sites for hydroxylation is 1. The number of hydrogen-bond donors (Lipinski definition) is 1. The summed E-state index contributed by atoms with van der Waals surface area (Å²) >= 11 is 0. The summed E-state index contributed by atoms with van der Waals surface area (Å²) in [7, 11) is 0. The van der Waals surface area contributed by atoms with Crippen molar-refractivity contribution >= 4 is 0 Å². The lowest BCUT2D eigenvalue weighted by Gasteiger charge is -2.13. The summed E-state index contributed by atoms with van der Waals surface area (Å²) in [6.07, 6.45) is 4.93. The van der Waals surface area contributed by atoms with Crippen LogP contribution in [0.3, 0.4) is 0 Å². The van der Waals surface area contributed by atoms with Crippen LogP contribution >= 0.6 is 0 Å². The van der Waals surface area contributed by atoms with Gasteiger partial charge in [-0.3, -0.25) is 0 Å². The number of furan rings is 1. The Balaban J connectivity index is 2.64. The van der Waals surface area contributed by atoms with E-state index in [0.717, 1.165) is 37.3 Å². The molecular formula is C13H21NO. The van der Waals surface area contributed by atoms with E-state index in [1.165, 1.54) is 0 Å². The zero-order valence-corrected chi connectivity index (χ0v) is 9.75. The highest BCUT2D eigenvalue weighted by molar-refractivity contribution is 5.11. The van der Waals surface area contributed by atoms with Crippen molar-refractivity contribution in [2.24, 2.45) is 0 Å². The highest BCUT2D eigenvalue weighted by atomic mass is 16.3. The molecule has 2 nitrogen and oxygen atoms in total. The Morgan fingerprint density at radius 2 is 2.27 bits per heavy atom. The SMILES string of the molecule is C=CCC(NCCC)c1ccc(CC)o1. The van der Waals surface area contributed by atoms with E-state index in [4.69, 9.17) is 4.42 Å². The first-order chi connectivity index (χ1) is 7.31. The molecule has 1 unspecified atom stereocenters. The molecule has 0 aliphatic rings. The molecule has 0 radical (unpaired) electrons. The van der Waals surface area contributed by atoms with Crippen LogP contribution in [0.5, 0.6) is 0 Å². The van der Waals surface area contributed by atoms with E-state index in [0.29, 0.717) is 0 Å². The molecule has 0 bridgehead atoms. The van der Waals surface area contributed by atoms with E-state index < -0.39 is 0 Å². The van der Waals surface area contributed by atoms with Gasteiger partial charge in [0.15, 0.2) is 0 Å². The molecule has 0 aromatic carbocycles. The fraction of sp³-hybridized carbons (Fsp3) is 0.538. The molecule has 0 saturated heterocycles. The molecule has 0 saturated carbocycles. The van der Waals surface area contributed by atoms with Gasteiger partial charge in [0.25, 0.3) is 0 Å². The molecule has 84 valence electrons. The number of hydrogen-bond acceptors (Lipinski definition) is 2. The minimum atomic E-state index is 0.280. The van der Waals surface area contributed by atoms with Crippen molar-refractivity contribution in [3.8, 4) is 0 Å². The first-order valence-corrected chi connectivity index (χ1v) is 5.74. The molecule has 0 spiro atoms. The van der Waals surface area contributed by atoms with Gasteiger partial charge in [-0.25, -0.2) is 0 Å². The van der Waals surface area contributed by atoms with E-state index in [1.807, 2.05) is 6.08 Å². The van der Waals surface area contributed by atoms with Gasteiger partial charge in [0, 0.05) is 6.42 Å². The van der Waals surface area contributed by atoms with Crippen LogP contribution in [0.4, 0.5) is 0 Å². The van der Waals surface area contributed by atoms with Crippen LogP contribution in [0, 0.1) is 0 Å². The van der Waals surface area contributed by atoms with E-state index >= 15 is 0 Å². The predicted molar refractivity (Wildman–Crippen MR) is 63.9 cm³/mol. The van der Waals surface area contributed by atoms with Crippen LogP contribution in [0.15, 0.2) is 29.2 Å². The Morgan fingerprint density at radius 1 is 1.47 bits per heavy atom. The quantitative estimate of drug-likeness (QED) is 0.693. The van der Waals surface area contributed by atoms with Crippen molar-refractivity contribution < 1.29 is 4.42 Å². The summed E-state index contributed by atoms with van der Waals surface area (Å²) in [5.74, 6) is 2.08. The van der Waals surface area contributed by atoms with E-state index in [-0.39, 0.29) is 6.04 Å². The third kappa shape index (κ3) is 3.56. The van der Waals surface area contributed by atoms with Crippen molar-refractivity contribution in [3.63, 3.8) is 0 Å². The van der Waals surface area contributed by atoms with Crippen LogP contribution in [-0.4, -0.2) is 6.54 Å². The highest BCUT2D eigenvalue weighted by Gasteiger charge is 2.12. The lowest BCUT2D eigenvalue weighted by atomic mass is 10.1. The van der Waals surface area contributed by atoms with Crippen molar-refractivity contribution in [1.82, 2.24) is 5.32 Å². The van der Waals surface area contributed by atoms with Crippen LogP contribution in [0.25, 0.3) is 0 Å². The maximum absolute atomic E-state index is 5.73. The highest BCUT2D eigenvalue weighted by Crippen LogP contribution is 2.20. The van der Waals surface area contributed by atoms with Crippen LogP contribution < -0.4 is 5.32 Å². The smallest absolute Gasteiger partial charge is 0.121 e. The second-order valence-corrected chi connectivity index (χ2v) is 3.69. The zero-order chi connectivity index (χ0) is 11.1. The van der Waals surface area contributed by atoms with Gasteiger partial charge >= 0.3 is 0 Å². The molecule has 1 heterocycles. The van der Waals surface area contributed by atoms with Crippen molar-refractivity contribution in [1.29, 1.82) is 0 Å². The fourth-order valence-corrected chi connectivity index (χ4v) is 1.56. The topological polar surface area (TPSA) is 25.2 Å². The molecule has 1 atom stereocenters. The molecule has 0 aliphatic carbocycles. The summed E-state index contributed by atoms with van der Waals surface area (Å²) in [4.78, 5) is 0. The van der Waals surface area contributed by atoms with Gasteiger partial charge in [-0.05, 0) is 31.5 Å². The molecule has 1 aromatic heterocycles. The summed E-state index contributed by atoms with van der Waals surface area (Å²) in [6.45, 7) is 9.06. The van der Waals surface area contributed by atoms with E-state index in [1.54, 1.807) is 0 Å². The first kappa shape index (κ1) is 12.1. The second-order valence-electron chi connectivity index (χ2n) is 3.69. The van der Waals surface area contributed by atoms with Gasteiger partial charge < -0.3 is 9.73 Å². The molecule has 2 heteroatoms. The normalized spacial score (nSPS) is 12.7. The molecule has 0 fully saturated rings. The Labute approximate surface area is 92.4 Å². The molecule has 1 aromatic rings. The average Bonchev–Trinajstić information content (AvgIpc) is 2.72. The predicted octanol–water partition coefficient (Wildman–Crippen LogP) is 3.46. The van der Waals surface area contributed by atoms with Crippen molar-refractivity contribution in [2.75, 3.05) is 6.54 Å². The third-order valence-corrected chi connectivity index (χ3v) is 2.42. The first-order valence-electron chi connectivity index (χ1n) is 5.74. The van der Waals surface area contributed by atoms with Gasteiger partial charge in [0.2, 0.25) is 0 Å². The average molecular weight is 207 g/mol. The lowest BCUT2D eigenvalue weighted by Crippen LogP contribution is -2.21. The molecular weight excluding hydrogens is 186 g/mol. The maximum atomic E-state index is 5.73.